The quantitative estimate of drug-likeness (QED) is 0.750. The second kappa shape index (κ2) is 4.17. The van der Waals surface area contributed by atoms with Crippen LogP contribution in [0.2, 0.25) is 0 Å². The minimum Gasteiger partial charge on any atom is -0.508 e. The number of phenols is 2. The van der Waals surface area contributed by atoms with Gasteiger partial charge in [0.05, 0.1) is 0 Å². The number of aromatic hydroxyl groups is 2. The predicted molar refractivity (Wildman–Crippen MR) is 53.1 cm³/mol. The minimum atomic E-state index is 0.151. The summed E-state index contributed by atoms with van der Waals surface area (Å²) in [6.45, 7) is 4.09. The molecule has 2 nitrogen and oxygen atoms in total. The Labute approximate surface area is 78.8 Å². The van der Waals surface area contributed by atoms with E-state index in [2.05, 4.69) is 6.92 Å². The van der Waals surface area contributed by atoms with Crippen LogP contribution in [0, 0.1) is 0 Å². The Hall–Kier alpha value is -1.18. The molecule has 13 heavy (non-hydrogen) atoms. The van der Waals surface area contributed by atoms with Crippen molar-refractivity contribution in [2.24, 2.45) is 0 Å². The van der Waals surface area contributed by atoms with Gasteiger partial charge in [0.1, 0.15) is 11.5 Å². The highest BCUT2D eigenvalue weighted by Crippen LogP contribution is 2.28. The molecule has 1 aromatic carbocycles. The highest BCUT2D eigenvalue weighted by atomic mass is 16.3. The van der Waals surface area contributed by atoms with Crippen molar-refractivity contribution in [3.8, 4) is 11.5 Å². The van der Waals surface area contributed by atoms with Gasteiger partial charge in [-0.1, -0.05) is 20.3 Å². The smallest absolute Gasteiger partial charge is 0.122 e. The second-order valence-electron chi connectivity index (χ2n) is 3.21. The molecule has 0 heterocycles. The Kier molecular flexibility index (Phi) is 3.18. The normalized spacial score (nSPS) is 10.3. The molecule has 0 saturated heterocycles. The van der Waals surface area contributed by atoms with E-state index in [-0.39, 0.29) is 11.5 Å². The first-order valence-electron chi connectivity index (χ1n) is 4.72. The lowest BCUT2D eigenvalue weighted by Crippen LogP contribution is -1.92. The van der Waals surface area contributed by atoms with E-state index in [9.17, 15) is 10.2 Å². The van der Waals surface area contributed by atoms with Gasteiger partial charge in [0.25, 0.3) is 0 Å². The van der Waals surface area contributed by atoms with E-state index in [1.54, 1.807) is 6.07 Å². The maximum Gasteiger partial charge on any atom is 0.122 e. The van der Waals surface area contributed by atoms with Gasteiger partial charge in [-0.2, -0.15) is 0 Å². The summed E-state index contributed by atoms with van der Waals surface area (Å²) < 4.78 is 0. The molecule has 2 heteroatoms. The molecule has 0 aliphatic heterocycles. The zero-order valence-corrected chi connectivity index (χ0v) is 8.17. The lowest BCUT2D eigenvalue weighted by molar-refractivity contribution is 0.444. The standard InChI is InChI=1S/C11H16O2/c1-3-5-8-6-9(12)7-11(13)10(8)4-2/h6-7,12-13H,3-5H2,1-2H3. The van der Waals surface area contributed by atoms with Crippen LogP contribution in [0.4, 0.5) is 0 Å². The van der Waals surface area contributed by atoms with E-state index in [1.807, 2.05) is 6.92 Å². The van der Waals surface area contributed by atoms with Crippen molar-refractivity contribution in [2.75, 3.05) is 0 Å². The summed E-state index contributed by atoms with van der Waals surface area (Å²) in [5.41, 5.74) is 2.02. The van der Waals surface area contributed by atoms with Gasteiger partial charge in [-0.3, -0.25) is 0 Å². The van der Waals surface area contributed by atoms with Crippen LogP contribution >= 0.6 is 0 Å². The van der Waals surface area contributed by atoms with Crippen molar-refractivity contribution in [2.45, 2.75) is 33.1 Å². The third-order valence-electron chi connectivity index (χ3n) is 2.18. The number of phenolic OH excluding ortho intramolecular Hbond substituents is 2. The van der Waals surface area contributed by atoms with Crippen molar-refractivity contribution < 1.29 is 10.2 Å². The van der Waals surface area contributed by atoms with Crippen LogP contribution in [0.5, 0.6) is 11.5 Å². The van der Waals surface area contributed by atoms with Crippen LogP contribution in [-0.2, 0) is 12.8 Å². The van der Waals surface area contributed by atoms with Crippen molar-refractivity contribution in [3.63, 3.8) is 0 Å². The van der Waals surface area contributed by atoms with E-state index in [1.165, 1.54) is 6.07 Å². The first-order valence-corrected chi connectivity index (χ1v) is 4.72. The molecule has 0 fully saturated rings. The summed E-state index contributed by atoms with van der Waals surface area (Å²) in [7, 11) is 0. The van der Waals surface area contributed by atoms with E-state index >= 15 is 0 Å². The Morgan fingerprint density at radius 2 is 1.85 bits per heavy atom. The van der Waals surface area contributed by atoms with Crippen LogP contribution in [0.3, 0.4) is 0 Å². The van der Waals surface area contributed by atoms with Crippen molar-refractivity contribution in [1.82, 2.24) is 0 Å². The Morgan fingerprint density at radius 3 is 2.38 bits per heavy atom. The monoisotopic (exact) mass is 180 g/mol. The molecule has 0 amide bonds. The van der Waals surface area contributed by atoms with Crippen LogP contribution in [0.15, 0.2) is 12.1 Å². The van der Waals surface area contributed by atoms with Gasteiger partial charge in [-0.25, -0.2) is 0 Å². The van der Waals surface area contributed by atoms with Crippen LogP contribution in [-0.4, -0.2) is 10.2 Å². The topological polar surface area (TPSA) is 40.5 Å². The van der Waals surface area contributed by atoms with Gasteiger partial charge in [-0.15, -0.1) is 0 Å². The molecule has 72 valence electrons. The average molecular weight is 180 g/mol. The molecular weight excluding hydrogens is 164 g/mol. The second-order valence-corrected chi connectivity index (χ2v) is 3.21. The highest BCUT2D eigenvalue weighted by molar-refractivity contribution is 5.45. The van der Waals surface area contributed by atoms with Gasteiger partial charge in [-0.05, 0) is 30.0 Å². The van der Waals surface area contributed by atoms with Crippen LogP contribution in [0.25, 0.3) is 0 Å². The molecule has 1 aromatic rings. The van der Waals surface area contributed by atoms with Crippen molar-refractivity contribution in [1.29, 1.82) is 0 Å². The zero-order valence-electron chi connectivity index (χ0n) is 8.17. The van der Waals surface area contributed by atoms with Gasteiger partial charge in [0.15, 0.2) is 0 Å². The molecule has 2 N–H and O–H groups in total. The van der Waals surface area contributed by atoms with Crippen LogP contribution < -0.4 is 0 Å². The largest absolute Gasteiger partial charge is 0.508 e. The Balaban J connectivity index is 3.13. The maximum absolute atomic E-state index is 9.54. The molecule has 0 aromatic heterocycles. The summed E-state index contributed by atoms with van der Waals surface area (Å²) in [5, 5.41) is 18.8. The third-order valence-corrected chi connectivity index (χ3v) is 2.18. The Bertz CT molecular complexity index is 292. The van der Waals surface area contributed by atoms with Gasteiger partial charge < -0.3 is 10.2 Å². The van der Waals surface area contributed by atoms with Gasteiger partial charge >= 0.3 is 0 Å². The van der Waals surface area contributed by atoms with Crippen molar-refractivity contribution >= 4 is 0 Å². The lowest BCUT2D eigenvalue weighted by Gasteiger charge is -2.09. The SMILES string of the molecule is CCCc1cc(O)cc(O)c1CC. The van der Waals surface area contributed by atoms with E-state index in [0.717, 1.165) is 30.4 Å². The summed E-state index contributed by atoms with van der Waals surface area (Å²) in [4.78, 5) is 0. The number of benzene rings is 1. The summed E-state index contributed by atoms with van der Waals surface area (Å²) in [6, 6.07) is 3.14. The number of rotatable bonds is 3. The molecule has 0 aliphatic rings. The molecule has 0 unspecified atom stereocenters. The Morgan fingerprint density at radius 1 is 1.15 bits per heavy atom. The fraction of sp³-hybridized carbons (Fsp3) is 0.455. The van der Waals surface area contributed by atoms with Crippen LogP contribution in [0.1, 0.15) is 31.4 Å². The van der Waals surface area contributed by atoms with E-state index in [0.29, 0.717) is 0 Å². The molecule has 0 atom stereocenters. The highest BCUT2D eigenvalue weighted by Gasteiger charge is 2.07. The fourth-order valence-corrected chi connectivity index (χ4v) is 1.60. The molecule has 0 spiro atoms. The molecule has 0 radical (unpaired) electrons. The third kappa shape index (κ3) is 2.14. The summed E-state index contributed by atoms with van der Waals surface area (Å²) in [6.07, 6.45) is 2.74. The first-order chi connectivity index (χ1) is 6.19. The molecule has 0 aliphatic carbocycles. The average Bonchev–Trinajstić information content (AvgIpc) is 2.04. The number of aryl methyl sites for hydroxylation is 1. The predicted octanol–water partition coefficient (Wildman–Crippen LogP) is 2.61. The fourth-order valence-electron chi connectivity index (χ4n) is 1.60. The summed E-state index contributed by atoms with van der Waals surface area (Å²) in [5.74, 6) is 0.365. The first kappa shape index (κ1) is 9.90. The van der Waals surface area contributed by atoms with Gasteiger partial charge in [0, 0.05) is 6.07 Å². The molecule has 1 rings (SSSR count). The van der Waals surface area contributed by atoms with E-state index in [4.69, 9.17) is 0 Å². The maximum atomic E-state index is 9.54. The zero-order chi connectivity index (χ0) is 9.84. The summed E-state index contributed by atoms with van der Waals surface area (Å²) >= 11 is 0. The molecule has 0 saturated carbocycles. The number of hydrogen-bond donors (Lipinski definition) is 2. The lowest BCUT2D eigenvalue weighted by atomic mass is 10.00. The van der Waals surface area contributed by atoms with Crippen molar-refractivity contribution in [3.05, 3.63) is 23.3 Å². The number of hydrogen-bond acceptors (Lipinski definition) is 2. The molecular formula is C11H16O2. The molecule has 0 bridgehead atoms. The van der Waals surface area contributed by atoms with E-state index < -0.39 is 0 Å². The minimum absolute atomic E-state index is 0.151. The van der Waals surface area contributed by atoms with Gasteiger partial charge in [0.2, 0.25) is 0 Å².